The zero-order valence-corrected chi connectivity index (χ0v) is 13.4. The number of piperidine rings is 1. The predicted molar refractivity (Wildman–Crippen MR) is 90.1 cm³/mol. The van der Waals surface area contributed by atoms with Crippen molar-refractivity contribution in [3.63, 3.8) is 0 Å². The first-order valence-corrected chi connectivity index (χ1v) is 7.88. The number of nitro groups is 1. The summed E-state index contributed by atoms with van der Waals surface area (Å²) in [6, 6.07) is 4.89. The molecular weight excluding hydrogens is 326 g/mol. The molecule has 3 heterocycles. The van der Waals surface area contributed by atoms with Gasteiger partial charge in [-0.25, -0.2) is 9.97 Å². The van der Waals surface area contributed by atoms with Gasteiger partial charge in [0, 0.05) is 19.3 Å². The molecule has 1 aliphatic heterocycles. The summed E-state index contributed by atoms with van der Waals surface area (Å²) in [6.45, 7) is 1.41. The third-order valence-corrected chi connectivity index (χ3v) is 3.83. The Morgan fingerprint density at radius 3 is 2.64 bits per heavy atom. The molecule has 0 saturated carbocycles. The molecule has 2 aromatic rings. The van der Waals surface area contributed by atoms with E-state index in [4.69, 9.17) is 0 Å². The van der Waals surface area contributed by atoms with Gasteiger partial charge in [0.05, 0.1) is 4.92 Å². The summed E-state index contributed by atoms with van der Waals surface area (Å²) in [6.07, 6.45) is 5.74. The number of nitrogens with one attached hydrogen (secondary N) is 2. The Kier molecular flexibility index (Phi) is 4.97. The summed E-state index contributed by atoms with van der Waals surface area (Å²) in [5.74, 6) is -0.327. The molecule has 1 saturated heterocycles. The number of carbonyl (C=O) groups is 1. The van der Waals surface area contributed by atoms with E-state index in [0.717, 1.165) is 19.3 Å². The van der Waals surface area contributed by atoms with Gasteiger partial charge in [0.1, 0.15) is 12.0 Å². The molecule has 0 atom stereocenters. The Hall–Kier alpha value is -3.30. The monoisotopic (exact) mass is 343 g/mol. The van der Waals surface area contributed by atoms with Crippen LogP contribution in [0.3, 0.4) is 0 Å². The van der Waals surface area contributed by atoms with Crippen LogP contribution in [0.25, 0.3) is 0 Å². The van der Waals surface area contributed by atoms with E-state index in [1.807, 2.05) is 4.90 Å². The second-order valence-corrected chi connectivity index (χ2v) is 5.49. The lowest BCUT2D eigenvalue weighted by Crippen LogP contribution is -2.33. The van der Waals surface area contributed by atoms with E-state index < -0.39 is 10.8 Å². The van der Waals surface area contributed by atoms with Crippen molar-refractivity contribution in [2.45, 2.75) is 19.3 Å². The summed E-state index contributed by atoms with van der Waals surface area (Å²) >= 11 is 0. The molecule has 0 bridgehead atoms. The molecule has 2 N–H and O–H groups in total. The van der Waals surface area contributed by atoms with Crippen LogP contribution >= 0.6 is 0 Å². The van der Waals surface area contributed by atoms with Gasteiger partial charge >= 0.3 is 5.69 Å². The quantitative estimate of drug-likeness (QED) is 0.618. The van der Waals surface area contributed by atoms with E-state index in [9.17, 15) is 14.9 Å². The maximum absolute atomic E-state index is 12.0. The minimum atomic E-state index is -0.542. The van der Waals surface area contributed by atoms with Crippen molar-refractivity contribution in [2.75, 3.05) is 23.4 Å². The number of anilines is 2. The fourth-order valence-corrected chi connectivity index (χ4v) is 2.64. The summed E-state index contributed by atoms with van der Waals surface area (Å²) in [7, 11) is 0. The van der Waals surface area contributed by atoms with Crippen molar-refractivity contribution in [2.24, 2.45) is 0 Å². The van der Waals surface area contributed by atoms with E-state index in [0.29, 0.717) is 13.1 Å². The lowest BCUT2D eigenvalue weighted by Gasteiger charge is -2.27. The average molecular weight is 343 g/mol. The lowest BCUT2D eigenvalue weighted by molar-refractivity contribution is -0.383. The molecule has 0 spiro atoms. The molecule has 130 valence electrons. The van der Waals surface area contributed by atoms with Gasteiger partial charge in [-0.15, -0.1) is 0 Å². The highest BCUT2D eigenvalue weighted by atomic mass is 16.6. The zero-order chi connectivity index (χ0) is 17.6. The predicted octanol–water partition coefficient (Wildman–Crippen LogP) is 1.53. The number of amides is 1. The minimum absolute atomic E-state index is 0.0649. The van der Waals surface area contributed by atoms with Crippen molar-refractivity contribution in [1.82, 2.24) is 20.4 Å². The molecule has 10 nitrogen and oxygen atoms in total. The summed E-state index contributed by atoms with van der Waals surface area (Å²) in [5, 5.41) is 11.5. The molecule has 0 aliphatic carbocycles. The summed E-state index contributed by atoms with van der Waals surface area (Å²) in [4.78, 5) is 36.8. The number of carbonyl (C=O) groups excluding carboxylic acids is 1. The van der Waals surface area contributed by atoms with Gasteiger partial charge in [-0.05, 0) is 31.4 Å². The molecule has 0 aromatic carbocycles. The van der Waals surface area contributed by atoms with Gasteiger partial charge in [-0.2, -0.15) is 0 Å². The number of rotatable bonds is 5. The standard InChI is InChI=1S/C15H17N7O3/c23-15(11-6-2-3-7-16-11)20-19-13-12(22(24)25)14(18-10-17-13)21-8-4-1-5-9-21/h2-3,6-7,10H,1,4-5,8-9H2,(H,20,23)(H,17,18,19). The highest BCUT2D eigenvalue weighted by Gasteiger charge is 2.28. The minimum Gasteiger partial charge on any atom is -0.351 e. The van der Waals surface area contributed by atoms with Gasteiger partial charge in [0.2, 0.25) is 11.6 Å². The molecule has 1 amide bonds. The van der Waals surface area contributed by atoms with Crippen molar-refractivity contribution in [1.29, 1.82) is 0 Å². The Bertz CT molecular complexity index is 763. The Balaban J connectivity index is 1.81. The van der Waals surface area contributed by atoms with E-state index in [-0.39, 0.29) is 23.0 Å². The van der Waals surface area contributed by atoms with Crippen LogP contribution in [0.5, 0.6) is 0 Å². The second-order valence-electron chi connectivity index (χ2n) is 5.49. The average Bonchev–Trinajstić information content (AvgIpc) is 2.67. The highest BCUT2D eigenvalue weighted by Crippen LogP contribution is 2.32. The van der Waals surface area contributed by atoms with Crippen LogP contribution in [0.15, 0.2) is 30.7 Å². The van der Waals surface area contributed by atoms with Crippen LogP contribution in [0, 0.1) is 10.1 Å². The van der Waals surface area contributed by atoms with Crippen molar-refractivity contribution in [3.05, 3.63) is 46.5 Å². The lowest BCUT2D eigenvalue weighted by atomic mass is 10.1. The van der Waals surface area contributed by atoms with E-state index in [1.165, 1.54) is 18.6 Å². The summed E-state index contributed by atoms with van der Waals surface area (Å²) in [5.41, 5.74) is 4.81. The van der Waals surface area contributed by atoms with Crippen LogP contribution in [-0.2, 0) is 0 Å². The van der Waals surface area contributed by atoms with Crippen LogP contribution in [0.4, 0.5) is 17.3 Å². The number of hydrogen-bond donors (Lipinski definition) is 2. The molecule has 0 radical (unpaired) electrons. The first-order chi connectivity index (χ1) is 12.2. The maximum atomic E-state index is 12.0. The van der Waals surface area contributed by atoms with Crippen LogP contribution in [0.2, 0.25) is 0 Å². The van der Waals surface area contributed by atoms with Crippen molar-refractivity contribution >= 4 is 23.2 Å². The number of pyridine rings is 1. The Labute approximate surface area is 143 Å². The molecule has 10 heteroatoms. The highest BCUT2D eigenvalue weighted by molar-refractivity contribution is 5.93. The third-order valence-electron chi connectivity index (χ3n) is 3.83. The first-order valence-electron chi connectivity index (χ1n) is 7.88. The van der Waals surface area contributed by atoms with Gasteiger partial charge in [-0.1, -0.05) is 6.07 Å². The normalized spacial score (nSPS) is 14.0. The van der Waals surface area contributed by atoms with Crippen LogP contribution in [-0.4, -0.2) is 38.9 Å². The molecule has 1 aliphatic rings. The fourth-order valence-electron chi connectivity index (χ4n) is 2.64. The molecular formula is C15H17N7O3. The first kappa shape index (κ1) is 16.6. The van der Waals surface area contributed by atoms with Gasteiger partial charge in [-0.3, -0.25) is 30.7 Å². The fraction of sp³-hybridized carbons (Fsp3) is 0.333. The smallest absolute Gasteiger partial charge is 0.351 e. The Morgan fingerprint density at radius 1 is 1.16 bits per heavy atom. The maximum Gasteiger partial charge on any atom is 0.355 e. The third kappa shape index (κ3) is 3.79. The van der Waals surface area contributed by atoms with Crippen LogP contribution in [0.1, 0.15) is 29.8 Å². The molecule has 0 unspecified atom stereocenters. The largest absolute Gasteiger partial charge is 0.355 e. The molecule has 25 heavy (non-hydrogen) atoms. The van der Waals surface area contributed by atoms with Crippen molar-refractivity contribution in [3.8, 4) is 0 Å². The second kappa shape index (κ2) is 7.51. The number of aromatic nitrogens is 3. The molecule has 2 aromatic heterocycles. The van der Waals surface area contributed by atoms with E-state index >= 15 is 0 Å². The van der Waals surface area contributed by atoms with Gasteiger partial charge in [0.25, 0.3) is 5.91 Å². The SMILES string of the molecule is O=C(NNc1ncnc(N2CCCCC2)c1[N+](=O)[O-])c1ccccn1. The topological polar surface area (TPSA) is 126 Å². The Morgan fingerprint density at radius 2 is 1.96 bits per heavy atom. The zero-order valence-electron chi connectivity index (χ0n) is 13.4. The van der Waals surface area contributed by atoms with Crippen LogP contribution < -0.4 is 15.8 Å². The number of hydrazine groups is 1. The van der Waals surface area contributed by atoms with Crippen molar-refractivity contribution < 1.29 is 9.72 Å². The molecule has 3 rings (SSSR count). The molecule has 1 fully saturated rings. The van der Waals surface area contributed by atoms with Gasteiger partial charge in [0.15, 0.2) is 0 Å². The van der Waals surface area contributed by atoms with Gasteiger partial charge < -0.3 is 4.90 Å². The van der Waals surface area contributed by atoms with E-state index in [2.05, 4.69) is 25.8 Å². The number of nitrogens with zero attached hydrogens (tertiary/aromatic N) is 5. The summed E-state index contributed by atoms with van der Waals surface area (Å²) < 4.78 is 0. The number of hydrogen-bond acceptors (Lipinski definition) is 8. The van der Waals surface area contributed by atoms with E-state index in [1.54, 1.807) is 12.1 Å².